The summed E-state index contributed by atoms with van der Waals surface area (Å²) in [6.07, 6.45) is 5.94. The molecule has 0 radical (unpaired) electrons. The van der Waals surface area contributed by atoms with Crippen molar-refractivity contribution in [1.82, 2.24) is 14.7 Å². The Kier molecular flexibility index (Phi) is 4.93. The van der Waals surface area contributed by atoms with E-state index in [-0.39, 0.29) is 6.09 Å². The van der Waals surface area contributed by atoms with Gasteiger partial charge in [-0.2, -0.15) is 0 Å². The van der Waals surface area contributed by atoms with Crippen LogP contribution in [0.2, 0.25) is 0 Å². The summed E-state index contributed by atoms with van der Waals surface area (Å²) in [4.78, 5) is 18.8. The first kappa shape index (κ1) is 17.5. The van der Waals surface area contributed by atoms with Gasteiger partial charge in [0, 0.05) is 38.3 Å². The Bertz CT molecular complexity index is 489. The average Bonchev–Trinajstić information content (AvgIpc) is 3.21. The molecule has 0 aromatic heterocycles. The fraction of sp³-hybridized carbons (Fsp3) is 0.947. The SMILES string of the molecule is CCOC(=O)N1CCC2(CC(N3CCC(N4CC[C@H](F)C4)CC3)C2)C1. The lowest BCUT2D eigenvalue weighted by atomic mass is 9.64. The zero-order valence-corrected chi connectivity index (χ0v) is 15.5. The molecule has 0 N–H and O–H groups in total. The highest BCUT2D eigenvalue weighted by Crippen LogP contribution is 2.50. The molecule has 6 heteroatoms. The normalized spacial score (nSPS) is 37.6. The van der Waals surface area contributed by atoms with Crippen molar-refractivity contribution < 1.29 is 13.9 Å². The number of halogens is 1. The first-order chi connectivity index (χ1) is 12.1. The molecule has 4 fully saturated rings. The molecule has 25 heavy (non-hydrogen) atoms. The summed E-state index contributed by atoms with van der Waals surface area (Å²) >= 11 is 0. The molecule has 1 saturated carbocycles. The minimum absolute atomic E-state index is 0.139. The van der Waals surface area contributed by atoms with Crippen molar-refractivity contribution in [2.45, 2.75) is 63.7 Å². The van der Waals surface area contributed by atoms with Crippen LogP contribution in [0.1, 0.15) is 45.4 Å². The van der Waals surface area contributed by atoms with Crippen LogP contribution in [0, 0.1) is 5.41 Å². The van der Waals surface area contributed by atoms with Gasteiger partial charge < -0.3 is 14.5 Å². The third-order valence-electron chi connectivity index (χ3n) is 7.00. The van der Waals surface area contributed by atoms with E-state index >= 15 is 0 Å². The highest BCUT2D eigenvalue weighted by molar-refractivity contribution is 5.68. The van der Waals surface area contributed by atoms with Gasteiger partial charge in [0.25, 0.3) is 0 Å². The first-order valence-electron chi connectivity index (χ1n) is 10.1. The molecule has 4 rings (SSSR count). The Labute approximate surface area is 150 Å². The first-order valence-corrected chi connectivity index (χ1v) is 10.1. The largest absolute Gasteiger partial charge is 0.450 e. The number of piperidine rings is 1. The molecular formula is C19H32FN3O2. The molecule has 142 valence electrons. The molecule has 1 spiro atoms. The zero-order chi connectivity index (χ0) is 17.4. The molecular weight excluding hydrogens is 321 g/mol. The van der Waals surface area contributed by atoms with E-state index in [1.807, 2.05) is 11.8 Å². The number of hydrogen-bond acceptors (Lipinski definition) is 4. The van der Waals surface area contributed by atoms with Crippen molar-refractivity contribution in [3.8, 4) is 0 Å². The maximum absolute atomic E-state index is 13.4. The summed E-state index contributed by atoms with van der Waals surface area (Å²) in [6, 6.07) is 1.28. The smallest absolute Gasteiger partial charge is 0.409 e. The van der Waals surface area contributed by atoms with Crippen LogP contribution < -0.4 is 0 Å². The summed E-state index contributed by atoms with van der Waals surface area (Å²) in [7, 11) is 0. The quantitative estimate of drug-likeness (QED) is 0.781. The number of carbonyl (C=O) groups excluding carboxylic acids is 1. The van der Waals surface area contributed by atoms with Gasteiger partial charge in [-0.3, -0.25) is 4.90 Å². The van der Waals surface area contributed by atoms with Crippen LogP contribution in [0.3, 0.4) is 0 Å². The lowest BCUT2D eigenvalue weighted by molar-refractivity contribution is -0.0144. The number of alkyl halides is 1. The number of hydrogen-bond donors (Lipinski definition) is 0. The van der Waals surface area contributed by atoms with Crippen LogP contribution in [0.25, 0.3) is 0 Å². The van der Waals surface area contributed by atoms with E-state index in [1.54, 1.807) is 0 Å². The molecule has 1 atom stereocenters. The summed E-state index contributed by atoms with van der Waals surface area (Å²) < 4.78 is 18.6. The van der Waals surface area contributed by atoms with Crippen LogP contribution in [0.5, 0.6) is 0 Å². The summed E-state index contributed by atoms with van der Waals surface area (Å²) in [6.45, 7) is 7.96. The van der Waals surface area contributed by atoms with E-state index in [9.17, 15) is 9.18 Å². The number of carbonyl (C=O) groups is 1. The highest BCUT2D eigenvalue weighted by Gasteiger charge is 2.51. The Morgan fingerprint density at radius 2 is 1.80 bits per heavy atom. The second kappa shape index (κ2) is 7.03. The Hall–Kier alpha value is -0.880. The van der Waals surface area contributed by atoms with Crippen LogP contribution in [0.4, 0.5) is 9.18 Å². The molecule has 1 amide bonds. The predicted octanol–water partition coefficient (Wildman–Crippen LogP) is 2.51. The van der Waals surface area contributed by atoms with Gasteiger partial charge >= 0.3 is 6.09 Å². The van der Waals surface area contributed by atoms with Gasteiger partial charge in [0.15, 0.2) is 0 Å². The standard InChI is InChI=1S/C19H32FN3O2/c1-2-25-18(24)23-10-6-19(14-23)11-17(12-19)21-8-4-16(5-9-21)22-7-3-15(20)13-22/h15-17H,2-14H2,1H3/t15-,17?,19?/m0/s1. The van der Waals surface area contributed by atoms with Crippen LogP contribution in [0.15, 0.2) is 0 Å². The average molecular weight is 353 g/mol. The van der Waals surface area contributed by atoms with E-state index < -0.39 is 6.17 Å². The minimum Gasteiger partial charge on any atom is -0.450 e. The van der Waals surface area contributed by atoms with Gasteiger partial charge in [-0.15, -0.1) is 0 Å². The maximum atomic E-state index is 13.4. The number of nitrogens with zero attached hydrogens (tertiary/aromatic N) is 3. The Morgan fingerprint density at radius 3 is 2.44 bits per heavy atom. The highest BCUT2D eigenvalue weighted by atomic mass is 19.1. The van der Waals surface area contributed by atoms with E-state index in [2.05, 4.69) is 9.80 Å². The van der Waals surface area contributed by atoms with Crippen molar-refractivity contribution in [3.05, 3.63) is 0 Å². The van der Waals surface area contributed by atoms with E-state index in [4.69, 9.17) is 4.74 Å². The Morgan fingerprint density at radius 1 is 1.08 bits per heavy atom. The lowest BCUT2D eigenvalue weighted by Gasteiger charge is -2.52. The van der Waals surface area contributed by atoms with Crippen LogP contribution >= 0.6 is 0 Å². The summed E-state index contributed by atoms with van der Waals surface area (Å²) in [5.74, 6) is 0. The van der Waals surface area contributed by atoms with Crippen LogP contribution in [-0.2, 0) is 4.74 Å². The van der Waals surface area contributed by atoms with Gasteiger partial charge in [0.2, 0.25) is 0 Å². The molecule has 0 unspecified atom stereocenters. The topological polar surface area (TPSA) is 36.0 Å². The second-order valence-electron chi connectivity index (χ2n) is 8.58. The molecule has 3 saturated heterocycles. The van der Waals surface area contributed by atoms with Crippen molar-refractivity contribution in [3.63, 3.8) is 0 Å². The fourth-order valence-electron chi connectivity index (χ4n) is 5.53. The van der Waals surface area contributed by atoms with E-state index in [1.165, 1.54) is 25.7 Å². The van der Waals surface area contributed by atoms with Gasteiger partial charge in [0.05, 0.1) is 6.61 Å². The predicted molar refractivity (Wildman–Crippen MR) is 94.3 cm³/mol. The number of amides is 1. The van der Waals surface area contributed by atoms with E-state index in [0.717, 1.165) is 45.6 Å². The molecule has 1 aliphatic carbocycles. The lowest BCUT2D eigenvalue weighted by Crippen LogP contribution is -2.55. The molecule has 0 aromatic carbocycles. The molecule has 3 aliphatic heterocycles. The van der Waals surface area contributed by atoms with E-state index in [0.29, 0.717) is 30.7 Å². The third kappa shape index (κ3) is 3.52. The summed E-state index contributed by atoms with van der Waals surface area (Å²) in [5, 5.41) is 0. The van der Waals surface area contributed by atoms with Gasteiger partial charge in [-0.1, -0.05) is 0 Å². The second-order valence-corrected chi connectivity index (χ2v) is 8.58. The molecule has 0 bridgehead atoms. The summed E-state index contributed by atoms with van der Waals surface area (Å²) in [5.41, 5.74) is 0.352. The zero-order valence-electron chi connectivity index (χ0n) is 15.5. The van der Waals surface area contributed by atoms with Crippen molar-refractivity contribution in [2.24, 2.45) is 5.41 Å². The molecule has 3 heterocycles. The molecule has 0 aromatic rings. The molecule has 4 aliphatic rings. The van der Waals surface area contributed by atoms with Gasteiger partial charge in [-0.05, 0) is 64.0 Å². The monoisotopic (exact) mass is 353 g/mol. The fourth-order valence-corrected chi connectivity index (χ4v) is 5.53. The third-order valence-corrected chi connectivity index (χ3v) is 7.00. The Balaban J connectivity index is 1.21. The van der Waals surface area contributed by atoms with Crippen LogP contribution in [-0.4, -0.2) is 84.9 Å². The van der Waals surface area contributed by atoms with Crippen molar-refractivity contribution in [1.29, 1.82) is 0 Å². The maximum Gasteiger partial charge on any atom is 0.409 e. The number of likely N-dealkylation sites (tertiary alicyclic amines) is 3. The van der Waals surface area contributed by atoms with Crippen molar-refractivity contribution in [2.75, 3.05) is 45.9 Å². The van der Waals surface area contributed by atoms with Gasteiger partial charge in [0.1, 0.15) is 6.17 Å². The number of rotatable bonds is 3. The number of ether oxygens (including phenoxy) is 1. The minimum atomic E-state index is -0.603. The van der Waals surface area contributed by atoms with Gasteiger partial charge in [-0.25, -0.2) is 9.18 Å². The van der Waals surface area contributed by atoms with Crippen molar-refractivity contribution >= 4 is 6.09 Å². The molecule has 5 nitrogen and oxygen atoms in total.